The fraction of sp³-hybridized carbons (Fsp3) is 0.421. The third-order valence-electron chi connectivity index (χ3n) is 4.21. The van der Waals surface area contributed by atoms with Crippen LogP contribution < -0.4 is 10.9 Å². The van der Waals surface area contributed by atoms with Gasteiger partial charge >= 0.3 is 11.6 Å². The molecule has 1 unspecified atom stereocenters. The molecule has 0 saturated heterocycles. The number of carbonyl (C=O) groups excluding carboxylic acids is 1. The zero-order valence-corrected chi connectivity index (χ0v) is 15.0. The van der Waals surface area contributed by atoms with Crippen LogP contribution in [0.5, 0.6) is 5.75 Å². The molecular formula is C19H23NO6. The summed E-state index contributed by atoms with van der Waals surface area (Å²) in [6.45, 7) is 5.51. The Balaban J connectivity index is 2.14. The van der Waals surface area contributed by atoms with Crippen LogP contribution in [-0.2, 0) is 16.0 Å². The zero-order valence-electron chi connectivity index (χ0n) is 15.0. The van der Waals surface area contributed by atoms with Gasteiger partial charge in [-0.2, -0.15) is 0 Å². The average Bonchev–Trinajstić information content (AvgIpc) is 2.53. The van der Waals surface area contributed by atoms with Gasteiger partial charge in [0, 0.05) is 23.4 Å². The number of amides is 1. The van der Waals surface area contributed by atoms with Crippen molar-refractivity contribution >= 4 is 22.8 Å². The summed E-state index contributed by atoms with van der Waals surface area (Å²) in [6, 6.07) is 3.56. The lowest BCUT2D eigenvalue weighted by Crippen LogP contribution is -2.41. The Hall–Kier alpha value is -2.83. The quantitative estimate of drug-likeness (QED) is 0.652. The number of nitrogens with one attached hydrogen (secondary N) is 1. The van der Waals surface area contributed by atoms with E-state index in [9.17, 15) is 24.6 Å². The summed E-state index contributed by atoms with van der Waals surface area (Å²) in [5, 5.41) is 21.8. The first kappa shape index (κ1) is 19.5. The van der Waals surface area contributed by atoms with Gasteiger partial charge in [0.15, 0.2) is 0 Å². The molecule has 2 aromatic rings. The molecule has 0 radical (unpaired) electrons. The van der Waals surface area contributed by atoms with E-state index in [2.05, 4.69) is 5.32 Å². The Morgan fingerprint density at radius 3 is 2.58 bits per heavy atom. The van der Waals surface area contributed by atoms with Crippen molar-refractivity contribution in [2.75, 3.05) is 0 Å². The van der Waals surface area contributed by atoms with Crippen molar-refractivity contribution < 1.29 is 24.2 Å². The molecule has 0 fully saturated rings. The van der Waals surface area contributed by atoms with Crippen molar-refractivity contribution in [3.8, 4) is 5.75 Å². The standard InChI is InChI=1S/C19H23NO6/c1-10(2)8-15(18(23)24)20-17(22)7-6-14-11(3)13-5-4-12(21)9-16(13)26-19(14)25/h4-5,9-10,15,21H,6-8H2,1-3H3,(H,20,22)(H,23,24). The minimum Gasteiger partial charge on any atom is -0.508 e. The molecule has 1 aromatic carbocycles. The highest BCUT2D eigenvalue weighted by atomic mass is 16.4. The Kier molecular flexibility index (Phi) is 6.02. The maximum atomic E-state index is 12.2. The van der Waals surface area contributed by atoms with Gasteiger partial charge in [-0.05, 0) is 43.4 Å². The zero-order chi connectivity index (χ0) is 19.4. The van der Waals surface area contributed by atoms with E-state index in [0.717, 1.165) is 0 Å². The molecule has 1 heterocycles. The molecule has 0 aliphatic rings. The highest BCUT2D eigenvalue weighted by molar-refractivity contribution is 5.84. The van der Waals surface area contributed by atoms with Crippen LogP contribution in [0.1, 0.15) is 37.8 Å². The van der Waals surface area contributed by atoms with Crippen LogP contribution >= 0.6 is 0 Å². The number of carboxylic acid groups (broad SMARTS) is 1. The number of aryl methyl sites for hydroxylation is 1. The number of aliphatic carboxylic acids is 1. The highest BCUT2D eigenvalue weighted by Crippen LogP contribution is 2.23. The van der Waals surface area contributed by atoms with Gasteiger partial charge in [-0.15, -0.1) is 0 Å². The maximum Gasteiger partial charge on any atom is 0.339 e. The first-order valence-corrected chi connectivity index (χ1v) is 8.46. The molecule has 26 heavy (non-hydrogen) atoms. The summed E-state index contributed by atoms with van der Waals surface area (Å²) in [4.78, 5) is 35.5. The number of carboxylic acids is 1. The Labute approximate surface area is 150 Å². The van der Waals surface area contributed by atoms with Gasteiger partial charge < -0.3 is 19.9 Å². The van der Waals surface area contributed by atoms with Gasteiger partial charge in [0.2, 0.25) is 5.91 Å². The summed E-state index contributed by atoms with van der Waals surface area (Å²) in [5.74, 6) is -1.38. The van der Waals surface area contributed by atoms with Crippen molar-refractivity contribution in [1.82, 2.24) is 5.32 Å². The monoisotopic (exact) mass is 361 g/mol. The van der Waals surface area contributed by atoms with Gasteiger partial charge in [0.25, 0.3) is 0 Å². The van der Waals surface area contributed by atoms with Crippen LogP contribution in [-0.4, -0.2) is 28.1 Å². The SMILES string of the molecule is Cc1c(CCC(=O)NC(CC(C)C)C(=O)O)c(=O)oc2cc(O)ccc12. The number of phenols is 1. The number of carbonyl (C=O) groups is 2. The second-order valence-electron chi connectivity index (χ2n) is 6.76. The molecule has 0 aliphatic heterocycles. The molecule has 0 bridgehead atoms. The van der Waals surface area contributed by atoms with Crippen molar-refractivity contribution in [3.05, 3.63) is 39.7 Å². The van der Waals surface area contributed by atoms with Crippen LogP contribution in [0.3, 0.4) is 0 Å². The Bertz CT molecular complexity index is 883. The van der Waals surface area contributed by atoms with Crippen LogP contribution in [0.2, 0.25) is 0 Å². The lowest BCUT2D eigenvalue weighted by atomic mass is 10.0. The predicted octanol–water partition coefficient (Wildman–Crippen LogP) is 2.36. The molecule has 0 saturated carbocycles. The smallest absolute Gasteiger partial charge is 0.339 e. The summed E-state index contributed by atoms with van der Waals surface area (Å²) in [6.07, 6.45) is 0.462. The molecule has 7 nitrogen and oxygen atoms in total. The van der Waals surface area contributed by atoms with Gasteiger partial charge in [0.05, 0.1) is 0 Å². The number of rotatable bonds is 7. The second-order valence-corrected chi connectivity index (χ2v) is 6.76. The van der Waals surface area contributed by atoms with Crippen LogP contribution in [0, 0.1) is 12.8 Å². The van der Waals surface area contributed by atoms with Gasteiger partial charge in [0.1, 0.15) is 17.4 Å². The molecule has 1 atom stereocenters. The van der Waals surface area contributed by atoms with Crippen molar-refractivity contribution in [3.63, 3.8) is 0 Å². The third kappa shape index (κ3) is 4.62. The number of hydrogen-bond acceptors (Lipinski definition) is 5. The molecular weight excluding hydrogens is 338 g/mol. The fourth-order valence-corrected chi connectivity index (χ4v) is 2.87. The topological polar surface area (TPSA) is 117 Å². The van der Waals surface area contributed by atoms with Gasteiger partial charge in [-0.25, -0.2) is 9.59 Å². The van der Waals surface area contributed by atoms with Crippen LogP contribution in [0.4, 0.5) is 0 Å². The summed E-state index contributed by atoms with van der Waals surface area (Å²) < 4.78 is 5.22. The number of phenolic OH excluding ortho intramolecular Hbond substituents is 1. The Morgan fingerprint density at radius 1 is 1.27 bits per heavy atom. The molecule has 7 heteroatoms. The molecule has 0 spiro atoms. The second kappa shape index (κ2) is 8.03. The minimum absolute atomic E-state index is 0.00274. The van der Waals surface area contributed by atoms with Crippen molar-refractivity contribution in [2.24, 2.45) is 5.92 Å². The van der Waals surface area contributed by atoms with Gasteiger partial charge in [-0.1, -0.05) is 13.8 Å². The van der Waals surface area contributed by atoms with E-state index in [1.165, 1.54) is 12.1 Å². The number of fused-ring (bicyclic) bond motifs is 1. The van der Waals surface area contributed by atoms with E-state index in [1.54, 1.807) is 13.0 Å². The first-order valence-electron chi connectivity index (χ1n) is 8.46. The number of benzene rings is 1. The van der Waals surface area contributed by atoms with E-state index < -0.39 is 23.5 Å². The number of hydrogen-bond donors (Lipinski definition) is 3. The van der Waals surface area contributed by atoms with Crippen molar-refractivity contribution in [2.45, 2.75) is 46.1 Å². The fourth-order valence-electron chi connectivity index (χ4n) is 2.87. The molecule has 140 valence electrons. The van der Waals surface area contributed by atoms with Crippen LogP contribution in [0.15, 0.2) is 27.4 Å². The predicted molar refractivity (Wildman–Crippen MR) is 96.2 cm³/mol. The van der Waals surface area contributed by atoms with E-state index in [4.69, 9.17) is 4.42 Å². The first-order chi connectivity index (χ1) is 12.2. The summed E-state index contributed by atoms with van der Waals surface area (Å²) in [7, 11) is 0. The third-order valence-corrected chi connectivity index (χ3v) is 4.21. The average molecular weight is 361 g/mol. The van der Waals surface area contributed by atoms with Crippen LogP contribution in [0.25, 0.3) is 11.0 Å². The highest BCUT2D eigenvalue weighted by Gasteiger charge is 2.21. The summed E-state index contributed by atoms with van der Waals surface area (Å²) in [5.41, 5.74) is 0.768. The van der Waals surface area contributed by atoms with Crippen molar-refractivity contribution in [1.29, 1.82) is 0 Å². The lowest BCUT2D eigenvalue weighted by molar-refractivity contribution is -0.142. The molecule has 1 amide bonds. The van der Waals surface area contributed by atoms with E-state index in [-0.39, 0.29) is 30.1 Å². The molecule has 0 aliphatic carbocycles. The minimum atomic E-state index is -1.08. The normalized spacial score (nSPS) is 12.3. The summed E-state index contributed by atoms with van der Waals surface area (Å²) >= 11 is 0. The lowest BCUT2D eigenvalue weighted by Gasteiger charge is -2.16. The van der Waals surface area contributed by atoms with E-state index >= 15 is 0 Å². The maximum absolute atomic E-state index is 12.2. The largest absolute Gasteiger partial charge is 0.508 e. The van der Waals surface area contributed by atoms with Gasteiger partial charge in [-0.3, -0.25) is 4.79 Å². The van der Waals surface area contributed by atoms with E-state index in [1.807, 2.05) is 13.8 Å². The molecule has 1 aromatic heterocycles. The molecule has 2 rings (SSSR count). The van der Waals surface area contributed by atoms with E-state index in [0.29, 0.717) is 22.9 Å². The molecule has 3 N–H and O–H groups in total. The Morgan fingerprint density at radius 2 is 1.96 bits per heavy atom. The number of aromatic hydroxyl groups is 1.